The molecule has 4 rings (SSSR count). The molecule has 0 aliphatic carbocycles. The van der Waals surface area contributed by atoms with Gasteiger partial charge in [-0.2, -0.15) is 0 Å². The number of hydrogen-bond acceptors (Lipinski definition) is 7. The predicted octanol–water partition coefficient (Wildman–Crippen LogP) is 3.33. The molecular formula is C21H17N3O5. The summed E-state index contributed by atoms with van der Waals surface area (Å²) in [5.74, 6) is 0.645. The van der Waals surface area contributed by atoms with Crippen molar-refractivity contribution in [2.45, 2.75) is 20.0 Å². The van der Waals surface area contributed by atoms with Gasteiger partial charge in [0.15, 0.2) is 6.10 Å². The number of rotatable bonds is 4. The van der Waals surface area contributed by atoms with Crippen LogP contribution in [0.4, 0.5) is 0 Å². The van der Waals surface area contributed by atoms with Gasteiger partial charge in [0.05, 0.1) is 0 Å². The third-order valence-corrected chi connectivity index (χ3v) is 4.24. The van der Waals surface area contributed by atoms with Crippen LogP contribution in [-0.4, -0.2) is 27.3 Å². The number of H-pyrrole nitrogens is 1. The first-order chi connectivity index (χ1) is 14.0. The molecule has 2 aromatic carbocycles. The summed E-state index contributed by atoms with van der Waals surface area (Å²) in [4.78, 5) is 22.4. The van der Waals surface area contributed by atoms with Gasteiger partial charge in [0.1, 0.15) is 22.9 Å². The van der Waals surface area contributed by atoms with Crippen molar-refractivity contribution >= 4 is 23.6 Å². The zero-order valence-electron chi connectivity index (χ0n) is 15.7. The fraction of sp³-hybridized carbons (Fsp3) is 0.143. The molecule has 8 heteroatoms. The predicted molar refractivity (Wildman–Crippen MR) is 103 cm³/mol. The van der Waals surface area contributed by atoms with Crippen LogP contribution in [0.15, 0.2) is 48.7 Å². The number of carbonyl (C=O) groups is 2. The van der Waals surface area contributed by atoms with Gasteiger partial charge in [-0.1, -0.05) is 17.3 Å². The summed E-state index contributed by atoms with van der Waals surface area (Å²) in [6.45, 7) is 2.70. The van der Waals surface area contributed by atoms with Crippen LogP contribution in [0.2, 0.25) is 0 Å². The van der Waals surface area contributed by atoms with Crippen LogP contribution in [-0.2, 0) is 9.59 Å². The smallest absolute Gasteiger partial charge is 0.308 e. The van der Waals surface area contributed by atoms with Gasteiger partial charge in [0, 0.05) is 37.2 Å². The van der Waals surface area contributed by atoms with E-state index in [0.717, 1.165) is 16.7 Å². The van der Waals surface area contributed by atoms with Crippen LogP contribution >= 0.6 is 0 Å². The van der Waals surface area contributed by atoms with E-state index in [9.17, 15) is 9.59 Å². The lowest BCUT2D eigenvalue weighted by Gasteiger charge is -2.26. The Morgan fingerprint density at radius 2 is 1.69 bits per heavy atom. The highest BCUT2D eigenvalue weighted by Crippen LogP contribution is 2.42. The van der Waals surface area contributed by atoms with Gasteiger partial charge in [-0.3, -0.25) is 14.7 Å². The van der Waals surface area contributed by atoms with Gasteiger partial charge in [-0.05, 0) is 35.9 Å². The van der Waals surface area contributed by atoms with Crippen molar-refractivity contribution in [2.75, 3.05) is 0 Å². The number of nitrogens with zero attached hydrogens (tertiary/aromatic N) is 2. The second-order valence-electron chi connectivity index (χ2n) is 6.41. The average Bonchev–Trinajstić information content (AvgIpc) is 3.21. The second-order valence-corrected chi connectivity index (χ2v) is 6.41. The summed E-state index contributed by atoms with van der Waals surface area (Å²) in [5.41, 5.74) is 3.17. The number of nitrogens with one attached hydrogen (secondary N) is 1. The van der Waals surface area contributed by atoms with Gasteiger partial charge >= 0.3 is 11.9 Å². The normalized spacial score (nSPS) is 15.0. The van der Waals surface area contributed by atoms with Gasteiger partial charge < -0.3 is 14.2 Å². The zero-order chi connectivity index (χ0) is 20.4. The molecule has 1 aromatic heterocycles. The van der Waals surface area contributed by atoms with Gasteiger partial charge in [0.25, 0.3) is 0 Å². The van der Waals surface area contributed by atoms with E-state index in [1.165, 1.54) is 13.8 Å². The van der Waals surface area contributed by atoms with Gasteiger partial charge in [0.2, 0.25) is 0 Å². The number of aromatic amines is 1. The van der Waals surface area contributed by atoms with Crippen LogP contribution in [0, 0.1) is 0 Å². The van der Waals surface area contributed by atoms with Crippen LogP contribution < -0.4 is 14.2 Å². The highest BCUT2D eigenvalue weighted by atomic mass is 16.5. The number of hydrogen-bond donors (Lipinski definition) is 1. The van der Waals surface area contributed by atoms with Crippen LogP contribution in [0.5, 0.6) is 17.2 Å². The minimum absolute atomic E-state index is 0.379. The van der Waals surface area contributed by atoms with E-state index in [1.54, 1.807) is 30.5 Å². The quantitative estimate of drug-likeness (QED) is 0.537. The van der Waals surface area contributed by atoms with Crippen molar-refractivity contribution in [3.8, 4) is 17.2 Å². The highest BCUT2D eigenvalue weighted by molar-refractivity contribution is 5.88. The first-order valence-corrected chi connectivity index (χ1v) is 8.85. The lowest BCUT2D eigenvalue weighted by molar-refractivity contribution is -0.132. The number of fused-ring (bicyclic) bond motifs is 1. The van der Waals surface area contributed by atoms with Gasteiger partial charge in [-0.25, -0.2) is 0 Å². The topological polar surface area (TPSA) is 103 Å². The van der Waals surface area contributed by atoms with Crippen LogP contribution in [0.25, 0.3) is 11.6 Å². The van der Waals surface area contributed by atoms with Crippen LogP contribution in [0.3, 0.4) is 0 Å². The molecule has 0 amide bonds. The molecule has 146 valence electrons. The minimum Gasteiger partial charge on any atom is -0.478 e. The van der Waals surface area contributed by atoms with Crippen molar-refractivity contribution in [2.24, 2.45) is 0 Å². The van der Waals surface area contributed by atoms with E-state index < -0.39 is 12.1 Å². The van der Waals surface area contributed by atoms with Crippen molar-refractivity contribution in [3.05, 3.63) is 65.5 Å². The highest BCUT2D eigenvalue weighted by Gasteiger charge is 2.28. The first-order valence-electron chi connectivity index (χ1n) is 8.85. The number of esters is 2. The molecule has 3 aromatic rings. The Bertz CT molecular complexity index is 1090. The van der Waals surface area contributed by atoms with E-state index in [0.29, 0.717) is 22.9 Å². The van der Waals surface area contributed by atoms with E-state index in [-0.39, 0.29) is 5.97 Å². The van der Waals surface area contributed by atoms with E-state index in [2.05, 4.69) is 15.4 Å². The number of aromatic nitrogens is 3. The summed E-state index contributed by atoms with van der Waals surface area (Å²) >= 11 is 0. The Morgan fingerprint density at radius 1 is 1.00 bits per heavy atom. The summed E-state index contributed by atoms with van der Waals surface area (Å²) in [6.07, 6.45) is 3.12. The lowest BCUT2D eigenvalue weighted by Crippen LogP contribution is -2.15. The number of carbonyl (C=O) groups excluding carboxylic acids is 2. The minimum atomic E-state index is -0.520. The summed E-state index contributed by atoms with van der Waals surface area (Å²) in [6, 6.07) is 12.3. The Balaban J connectivity index is 1.74. The molecule has 2 heterocycles. The lowest BCUT2D eigenvalue weighted by atomic mass is 9.93. The molecule has 29 heavy (non-hydrogen) atoms. The van der Waals surface area contributed by atoms with Crippen LogP contribution in [0.1, 0.15) is 36.8 Å². The molecule has 0 fully saturated rings. The maximum absolute atomic E-state index is 11.2. The molecule has 1 atom stereocenters. The molecule has 1 unspecified atom stereocenters. The molecule has 1 N–H and O–H groups in total. The van der Waals surface area contributed by atoms with E-state index >= 15 is 0 Å². The Hall–Kier alpha value is -3.94. The molecule has 0 saturated carbocycles. The van der Waals surface area contributed by atoms with E-state index in [4.69, 9.17) is 14.2 Å². The fourth-order valence-electron chi connectivity index (χ4n) is 3.07. The maximum Gasteiger partial charge on any atom is 0.308 e. The second kappa shape index (κ2) is 7.59. The first kappa shape index (κ1) is 18.4. The summed E-state index contributed by atoms with van der Waals surface area (Å²) in [7, 11) is 0. The average molecular weight is 391 g/mol. The molecule has 0 saturated heterocycles. The third-order valence-electron chi connectivity index (χ3n) is 4.24. The largest absolute Gasteiger partial charge is 0.478 e. The molecule has 8 nitrogen and oxygen atoms in total. The fourth-order valence-corrected chi connectivity index (χ4v) is 3.07. The SMILES string of the molecule is CC(=O)Oc1ccc(C2=Cc3ccc(OC(C)=O)cc3OC2c2c[nH]nn2)cc1. The maximum atomic E-state index is 11.2. The molecule has 0 spiro atoms. The Labute approximate surface area is 166 Å². The third kappa shape index (κ3) is 4.01. The molecule has 0 bridgehead atoms. The zero-order valence-corrected chi connectivity index (χ0v) is 15.7. The molecule has 0 radical (unpaired) electrons. The van der Waals surface area contributed by atoms with E-state index in [1.807, 2.05) is 24.3 Å². The Kier molecular flexibility index (Phi) is 4.82. The van der Waals surface area contributed by atoms with Crippen molar-refractivity contribution < 1.29 is 23.8 Å². The summed E-state index contributed by atoms with van der Waals surface area (Å²) in [5, 5.41) is 10.6. The standard InChI is InChI=1S/C21H17N3O5/c1-12(25)27-16-6-3-14(4-7-16)18-9-15-5-8-17(28-13(2)26)10-20(15)29-21(18)19-11-22-24-23-19/h3-11,21H,1-2H3,(H,22,23,24). The number of ether oxygens (including phenoxy) is 3. The van der Waals surface area contributed by atoms with Crippen molar-refractivity contribution in [1.82, 2.24) is 15.4 Å². The molecule has 1 aliphatic rings. The van der Waals surface area contributed by atoms with Crippen molar-refractivity contribution in [1.29, 1.82) is 0 Å². The summed E-state index contributed by atoms with van der Waals surface area (Å²) < 4.78 is 16.4. The number of benzene rings is 2. The van der Waals surface area contributed by atoms with Gasteiger partial charge in [-0.15, -0.1) is 5.10 Å². The van der Waals surface area contributed by atoms with Crippen molar-refractivity contribution in [3.63, 3.8) is 0 Å². The molecule has 1 aliphatic heterocycles. The monoisotopic (exact) mass is 391 g/mol. The Morgan fingerprint density at radius 3 is 2.34 bits per heavy atom. The molecular weight excluding hydrogens is 374 g/mol.